The average molecular weight is 200 g/mol. The number of likely N-dealkylation sites (tertiary alicyclic amines) is 1. The summed E-state index contributed by atoms with van der Waals surface area (Å²) in [6, 6.07) is 0.692. The van der Waals surface area contributed by atoms with Crippen LogP contribution in [0.25, 0.3) is 0 Å². The van der Waals surface area contributed by atoms with E-state index in [2.05, 4.69) is 24.1 Å². The third-order valence-electron chi connectivity index (χ3n) is 2.92. The van der Waals surface area contributed by atoms with Gasteiger partial charge in [0.25, 0.3) is 0 Å². The number of hydrogen-bond acceptors (Lipinski definition) is 3. The predicted molar refractivity (Wildman–Crippen MR) is 59.6 cm³/mol. The first-order valence-electron chi connectivity index (χ1n) is 5.74. The molecule has 1 saturated heterocycles. The van der Waals surface area contributed by atoms with Gasteiger partial charge < -0.3 is 10.1 Å². The highest BCUT2D eigenvalue weighted by Crippen LogP contribution is 2.10. The van der Waals surface area contributed by atoms with Crippen molar-refractivity contribution in [2.24, 2.45) is 0 Å². The number of nitrogens with zero attached hydrogens (tertiary/aromatic N) is 1. The molecule has 0 aromatic carbocycles. The minimum Gasteiger partial charge on any atom is -0.380 e. The minimum absolute atomic E-state index is 0.357. The van der Waals surface area contributed by atoms with E-state index in [1.807, 2.05) is 0 Å². The topological polar surface area (TPSA) is 24.5 Å². The first kappa shape index (κ1) is 12.0. The van der Waals surface area contributed by atoms with Gasteiger partial charge in [0.2, 0.25) is 0 Å². The fraction of sp³-hybridized carbons (Fsp3) is 1.00. The van der Waals surface area contributed by atoms with Crippen molar-refractivity contribution in [1.29, 1.82) is 0 Å². The van der Waals surface area contributed by atoms with Gasteiger partial charge in [0.15, 0.2) is 0 Å². The van der Waals surface area contributed by atoms with Crippen LogP contribution in [0.1, 0.15) is 26.7 Å². The van der Waals surface area contributed by atoms with Gasteiger partial charge in [-0.15, -0.1) is 0 Å². The molecule has 2 atom stereocenters. The Kier molecular flexibility index (Phi) is 5.45. The Labute approximate surface area is 87.8 Å². The minimum atomic E-state index is 0.357. The van der Waals surface area contributed by atoms with Crippen LogP contribution in [0.15, 0.2) is 0 Å². The molecule has 0 aromatic rings. The van der Waals surface area contributed by atoms with Crippen molar-refractivity contribution in [3.63, 3.8) is 0 Å². The summed E-state index contributed by atoms with van der Waals surface area (Å²) in [5.41, 5.74) is 0. The highest BCUT2D eigenvalue weighted by molar-refractivity contribution is 4.78. The number of rotatable bonds is 5. The van der Waals surface area contributed by atoms with Crippen LogP contribution >= 0.6 is 0 Å². The maximum absolute atomic E-state index is 5.29. The van der Waals surface area contributed by atoms with E-state index in [9.17, 15) is 0 Å². The first-order valence-corrected chi connectivity index (χ1v) is 5.74. The van der Waals surface area contributed by atoms with Crippen LogP contribution in [-0.2, 0) is 4.74 Å². The van der Waals surface area contributed by atoms with Crippen LogP contribution in [0.5, 0.6) is 0 Å². The second kappa shape index (κ2) is 6.38. The fourth-order valence-electron chi connectivity index (χ4n) is 2.11. The monoisotopic (exact) mass is 200 g/mol. The Morgan fingerprint density at radius 1 is 1.57 bits per heavy atom. The van der Waals surface area contributed by atoms with Crippen LogP contribution in [-0.4, -0.2) is 50.3 Å². The number of methoxy groups -OCH3 is 1. The molecule has 0 aromatic heterocycles. The maximum Gasteiger partial charge on any atom is 0.0670 e. The third-order valence-corrected chi connectivity index (χ3v) is 2.92. The molecule has 84 valence electrons. The van der Waals surface area contributed by atoms with Gasteiger partial charge in [-0.1, -0.05) is 6.92 Å². The summed E-state index contributed by atoms with van der Waals surface area (Å²) in [6.45, 7) is 8.88. The van der Waals surface area contributed by atoms with Crippen molar-refractivity contribution < 1.29 is 4.74 Å². The standard InChI is InChI=1S/C11H24N2O/c1-4-12-11-6-5-7-13(9-11)8-10(2)14-3/h10-12H,4-9H2,1-3H3. The van der Waals surface area contributed by atoms with Crippen LogP contribution in [0.4, 0.5) is 0 Å². The summed E-state index contributed by atoms with van der Waals surface area (Å²) in [6.07, 6.45) is 3.00. The Bertz CT molecular complexity index is 150. The molecule has 1 N–H and O–H groups in total. The fourth-order valence-corrected chi connectivity index (χ4v) is 2.11. The number of piperidine rings is 1. The second-order valence-electron chi connectivity index (χ2n) is 4.20. The van der Waals surface area contributed by atoms with Crippen LogP contribution in [0.3, 0.4) is 0 Å². The van der Waals surface area contributed by atoms with E-state index in [0.29, 0.717) is 12.1 Å². The zero-order valence-corrected chi connectivity index (χ0v) is 9.75. The van der Waals surface area contributed by atoms with E-state index in [-0.39, 0.29) is 0 Å². The van der Waals surface area contributed by atoms with E-state index in [1.165, 1.54) is 25.9 Å². The largest absolute Gasteiger partial charge is 0.380 e. The summed E-state index contributed by atoms with van der Waals surface area (Å²) >= 11 is 0. The van der Waals surface area contributed by atoms with Gasteiger partial charge in [-0.3, -0.25) is 4.90 Å². The van der Waals surface area contributed by atoms with Crippen LogP contribution in [0, 0.1) is 0 Å². The molecule has 0 aliphatic carbocycles. The Morgan fingerprint density at radius 3 is 3.00 bits per heavy atom. The predicted octanol–water partition coefficient (Wildman–Crippen LogP) is 1.10. The van der Waals surface area contributed by atoms with Crippen LogP contribution in [0.2, 0.25) is 0 Å². The molecule has 0 radical (unpaired) electrons. The van der Waals surface area contributed by atoms with Gasteiger partial charge in [-0.25, -0.2) is 0 Å². The quantitative estimate of drug-likeness (QED) is 0.719. The molecular weight excluding hydrogens is 176 g/mol. The van der Waals surface area contributed by atoms with Crippen molar-refractivity contribution in [3.05, 3.63) is 0 Å². The molecule has 3 heteroatoms. The molecule has 2 unspecified atom stereocenters. The highest BCUT2D eigenvalue weighted by atomic mass is 16.5. The number of likely N-dealkylation sites (N-methyl/N-ethyl adjacent to an activating group) is 1. The van der Waals surface area contributed by atoms with Crippen molar-refractivity contribution in [1.82, 2.24) is 10.2 Å². The molecule has 1 aliphatic heterocycles. The summed E-state index contributed by atoms with van der Waals surface area (Å²) in [4.78, 5) is 2.50. The van der Waals surface area contributed by atoms with E-state index < -0.39 is 0 Å². The van der Waals surface area contributed by atoms with Gasteiger partial charge in [0.05, 0.1) is 6.10 Å². The number of ether oxygens (including phenoxy) is 1. The molecule has 1 heterocycles. The number of hydrogen-bond donors (Lipinski definition) is 1. The third kappa shape index (κ3) is 3.95. The Morgan fingerprint density at radius 2 is 2.36 bits per heavy atom. The van der Waals surface area contributed by atoms with Crippen LogP contribution < -0.4 is 5.32 Å². The second-order valence-corrected chi connectivity index (χ2v) is 4.20. The van der Waals surface area contributed by atoms with Gasteiger partial charge in [-0.2, -0.15) is 0 Å². The zero-order valence-electron chi connectivity index (χ0n) is 9.75. The van der Waals surface area contributed by atoms with Gasteiger partial charge >= 0.3 is 0 Å². The van der Waals surface area contributed by atoms with Crippen molar-refractivity contribution in [2.75, 3.05) is 33.3 Å². The number of nitrogens with one attached hydrogen (secondary N) is 1. The first-order chi connectivity index (χ1) is 6.76. The molecule has 14 heavy (non-hydrogen) atoms. The lowest BCUT2D eigenvalue weighted by Crippen LogP contribution is -2.47. The van der Waals surface area contributed by atoms with E-state index in [1.54, 1.807) is 7.11 Å². The highest BCUT2D eigenvalue weighted by Gasteiger charge is 2.19. The lowest BCUT2D eigenvalue weighted by Gasteiger charge is -2.34. The van der Waals surface area contributed by atoms with Crippen molar-refractivity contribution >= 4 is 0 Å². The van der Waals surface area contributed by atoms with Gasteiger partial charge in [0, 0.05) is 26.2 Å². The zero-order chi connectivity index (χ0) is 10.4. The molecule has 0 saturated carbocycles. The van der Waals surface area contributed by atoms with E-state index in [0.717, 1.165) is 13.1 Å². The molecule has 0 amide bonds. The summed E-state index contributed by atoms with van der Waals surface area (Å²) in [7, 11) is 1.79. The molecule has 1 rings (SSSR count). The summed E-state index contributed by atoms with van der Waals surface area (Å²) in [5.74, 6) is 0. The van der Waals surface area contributed by atoms with Crippen molar-refractivity contribution in [3.8, 4) is 0 Å². The molecular formula is C11H24N2O. The van der Waals surface area contributed by atoms with E-state index in [4.69, 9.17) is 4.74 Å². The van der Waals surface area contributed by atoms with E-state index >= 15 is 0 Å². The SMILES string of the molecule is CCNC1CCCN(CC(C)OC)C1. The normalized spacial score (nSPS) is 26.4. The maximum atomic E-state index is 5.29. The smallest absolute Gasteiger partial charge is 0.0670 e. The Balaban J connectivity index is 2.25. The molecule has 0 bridgehead atoms. The molecule has 1 aliphatic rings. The lowest BCUT2D eigenvalue weighted by atomic mass is 10.1. The lowest BCUT2D eigenvalue weighted by molar-refractivity contribution is 0.0640. The summed E-state index contributed by atoms with van der Waals surface area (Å²) < 4.78 is 5.29. The van der Waals surface area contributed by atoms with Gasteiger partial charge in [-0.05, 0) is 32.9 Å². The average Bonchev–Trinajstić information content (AvgIpc) is 2.19. The molecule has 3 nitrogen and oxygen atoms in total. The summed E-state index contributed by atoms with van der Waals surface area (Å²) in [5, 5.41) is 3.52. The Hall–Kier alpha value is -0.120. The molecule has 1 fully saturated rings. The molecule has 0 spiro atoms. The van der Waals surface area contributed by atoms with Gasteiger partial charge in [0.1, 0.15) is 0 Å². The van der Waals surface area contributed by atoms with Crippen molar-refractivity contribution in [2.45, 2.75) is 38.8 Å².